The van der Waals surface area contributed by atoms with Crippen molar-refractivity contribution in [2.45, 2.75) is 46.1 Å². The summed E-state index contributed by atoms with van der Waals surface area (Å²) < 4.78 is 5.03. The van der Waals surface area contributed by atoms with Crippen molar-refractivity contribution < 1.29 is 9.53 Å². The van der Waals surface area contributed by atoms with E-state index in [1.807, 2.05) is 0 Å². The van der Waals surface area contributed by atoms with Gasteiger partial charge in [0.05, 0.1) is 6.61 Å². The van der Waals surface area contributed by atoms with E-state index in [2.05, 4.69) is 36.4 Å². The van der Waals surface area contributed by atoms with Crippen molar-refractivity contribution in [3.8, 4) is 0 Å². The van der Waals surface area contributed by atoms with Gasteiger partial charge < -0.3 is 20.3 Å². The second kappa shape index (κ2) is 12.3. The van der Waals surface area contributed by atoms with Crippen LogP contribution in [0.4, 0.5) is 0 Å². The van der Waals surface area contributed by atoms with Crippen molar-refractivity contribution >= 4 is 11.9 Å². The number of nitrogens with one attached hydrogen (secondary N) is 2. The zero-order chi connectivity index (χ0) is 17.0. The number of rotatable bonds is 10. The maximum Gasteiger partial charge on any atom is 0.243 e. The summed E-state index contributed by atoms with van der Waals surface area (Å²) in [6.45, 7) is 8.03. The quantitative estimate of drug-likeness (QED) is 0.364. The number of carbonyl (C=O) groups is 1. The summed E-state index contributed by atoms with van der Waals surface area (Å²) in [5.74, 6) is 1.39. The Morgan fingerprint density at radius 2 is 1.91 bits per heavy atom. The number of amides is 1. The summed E-state index contributed by atoms with van der Waals surface area (Å²) >= 11 is 0. The molecule has 22 heavy (non-hydrogen) atoms. The highest BCUT2D eigenvalue weighted by molar-refractivity contribution is 5.84. The molecular weight excluding hydrogens is 280 g/mol. The number of hydrogen-bond donors (Lipinski definition) is 2. The summed E-state index contributed by atoms with van der Waals surface area (Å²) in [5, 5.41) is 6.54. The Labute approximate surface area is 135 Å². The average Bonchev–Trinajstić information content (AvgIpc) is 2.43. The van der Waals surface area contributed by atoms with Crippen LogP contribution in [0.3, 0.4) is 0 Å². The lowest BCUT2D eigenvalue weighted by atomic mass is 10.0. The molecule has 0 aromatic rings. The first-order valence-electron chi connectivity index (χ1n) is 8.10. The van der Waals surface area contributed by atoms with Gasteiger partial charge in [-0.05, 0) is 19.3 Å². The molecule has 0 aromatic heterocycles. The van der Waals surface area contributed by atoms with Crippen LogP contribution in [0.15, 0.2) is 4.99 Å². The van der Waals surface area contributed by atoms with Crippen molar-refractivity contribution in [1.82, 2.24) is 15.5 Å². The van der Waals surface area contributed by atoms with Gasteiger partial charge in [-0.1, -0.05) is 26.7 Å². The molecule has 0 radical (unpaired) electrons. The molecule has 0 saturated carbocycles. The highest BCUT2D eigenvalue weighted by Gasteiger charge is 2.08. The molecule has 0 aliphatic rings. The van der Waals surface area contributed by atoms with Crippen molar-refractivity contribution in [2.75, 3.05) is 40.9 Å². The van der Waals surface area contributed by atoms with E-state index in [1.165, 1.54) is 12.8 Å². The summed E-state index contributed by atoms with van der Waals surface area (Å²) in [6.07, 6.45) is 3.51. The lowest BCUT2D eigenvalue weighted by Crippen LogP contribution is -2.44. The van der Waals surface area contributed by atoms with Gasteiger partial charge in [0.1, 0.15) is 6.54 Å². The standard InChI is InChI=1S/C16H34N4O2/c1-13(2)8-7-9-14(3)19-16(17-10-11-22-6)18-12-15(21)20(4)5/h13-14H,7-12H2,1-6H3,(H2,17,18,19). The zero-order valence-corrected chi connectivity index (χ0v) is 15.1. The number of methoxy groups -OCH3 is 1. The Bertz CT molecular complexity index is 330. The minimum atomic E-state index is -0.0136. The van der Waals surface area contributed by atoms with Crippen molar-refractivity contribution in [1.29, 1.82) is 0 Å². The number of aliphatic imine (C=N–C) groups is 1. The minimum absolute atomic E-state index is 0.0136. The van der Waals surface area contributed by atoms with Gasteiger partial charge in [0.15, 0.2) is 5.96 Å². The summed E-state index contributed by atoms with van der Waals surface area (Å²) in [6, 6.07) is 0.321. The molecule has 0 rings (SSSR count). The van der Waals surface area contributed by atoms with Crippen LogP contribution in [0.1, 0.15) is 40.0 Å². The first-order valence-corrected chi connectivity index (χ1v) is 8.10. The molecule has 1 unspecified atom stereocenters. The SMILES string of the molecule is COCCNC(=NCC(=O)N(C)C)NC(C)CCCC(C)C. The van der Waals surface area contributed by atoms with Gasteiger partial charge in [0, 0.05) is 33.8 Å². The number of carbonyl (C=O) groups excluding carboxylic acids is 1. The molecule has 0 aliphatic carbocycles. The molecule has 0 aromatic carbocycles. The molecule has 1 atom stereocenters. The Balaban J connectivity index is 4.37. The van der Waals surface area contributed by atoms with Gasteiger partial charge in [-0.25, -0.2) is 4.99 Å². The topological polar surface area (TPSA) is 66.0 Å². The Hall–Kier alpha value is -1.30. The third kappa shape index (κ3) is 11.4. The molecule has 0 aliphatic heterocycles. The molecule has 6 heteroatoms. The molecule has 0 bridgehead atoms. The largest absolute Gasteiger partial charge is 0.383 e. The number of guanidine groups is 1. The molecule has 0 fully saturated rings. The van der Waals surface area contributed by atoms with Crippen LogP contribution in [0.25, 0.3) is 0 Å². The third-order valence-corrected chi connectivity index (χ3v) is 3.27. The highest BCUT2D eigenvalue weighted by atomic mass is 16.5. The summed E-state index contributed by atoms with van der Waals surface area (Å²) in [4.78, 5) is 17.5. The van der Waals surface area contributed by atoms with Crippen molar-refractivity contribution in [3.05, 3.63) is 0 Å². The van der Waals surface area contributed by atoms with E-state index in [0.29, 0.717) is 25.2 Å². The normalized spacial score (nSPS) is 13.1. The van der Waals surface area contributed by atoms with Gasteiger partial charge in [-0.15, -0.1) is 0 Å². The third-order valence-electron chi connectivity index (χ3n) is 3.27. The van der Waals surface area contributed by atoms with Crippen LogP contribution >= 0.6 is 0 Å². The predicted molar refractivity (Wildman–Crippen MR) is 92.2 cm³/mol. The van der Waals surface area contributed by atoms with Gasteiger partial charge in [-0.2, -0.15) is 0 Å². The fraction of sp³-hybridized carbons (Fsp3) is 0.875. The van der Waals surface area contributed by atoms with E-state index in [-0.39, 0.29) is 12.5 Å². The van der Waals surface area contributed by atoms with Crippen LogP contribution in [-0.2, 0) is 9.53 Å². The Morgan fingerprint density at radius 3 is 2.45 bits per heavy atom. The number of nitrogens with zero attached hydrogens (tertiary/aromatic N) is 2. The number of ether oxygens (including phenoxy) is 1. The number of likely N-dealkylation sites (N-methyl/N-ethyl adjacent to an activating group) is 1. The van der Waals surface area contributed by atoms with Crippen molar-refractivity contribution in [2.24, 2.45) is 10.9 Å². The number of hydrogen-bond acceptors (Lipinski definition) is 3. The fourth-order valence-electron chi connectivity index (χ4n) is 1.85. The zero-order valence-electron chi connectivity index (χ0n) is 15.1. The van der Waals surface area contributed by atoms with Crippen LogP contribution < -0.4 is 10.6 Å². The summed E-state index contributed by atoms with van der Waals surface area (Å²) in [5.41, 5.74) is 0. The lowest BCUT2D eigenvalue weighted by Gasteiger charge is -2.19. The molecule has 0 spiro atoms. The van der Waals surface area contributed by atoms with E-state index in [4.69, 9.17) is 4.74 Å². The molecule has 0 saturated heterocycles. The van der Waals surface area contributed by atoms with Gasteiger partial charge in [0.2, 0.25) is 5.91 Å². The summed E-state index contributed by atoms with van der Waals surface area (Å²) in [7, 11) is 5.13. The average molecular weight is 314 g/mol. The van der Waals surface area contributed by atoms with E-state index < -0.39 is 0 Å². The second-order valence-electron chi connectivity index (χ2n) is 6.24. The van der Waals surface area contributed by atoms with Crippen molar-refractivity contribution in [3.63, 3.8) is 0 Å². The van der Waals surface area contributed by atoms with Gasteiger partial charge in [0.25, 0.3) is 0 Å². The van der Waals surface area contributed by atoms with E-state index in [1.54, 1.807) is 26.1 Å². The van der Waals surface area contributed by atoms with E-state index >= 15 is 0 Å². The van der Waals surface area contributed by atoms with Crippen LogP contribution in [-0.4, -0.2) is 63.7 Å². The highest BCUT2D eigenvalue weighted by Crippen LogP contribution is 2.08. The van der Waals surface area contributed by atoms with E-state index in [9.17, 15) is 4.79 Å². The molecule has 0 heterocycles. The first kappa shape index (κ1) is 20.7. The smallest absolute Gasteiger partial charge is 0.243 e. The molecular formula is C16H34N4O2. The van der Waals surface area contributed by atoms with Gasteiger partial charge >= 0.3 is 0 Å². The second-order valence-corrected chi connectivity index (χ2v) is 6.24. The van der Waals surface area contributed by atoms with Crippen LogP contribution in [0.5, 0.6) is 0 Å². The van der Waals surface area contributed by atoms with Gasteiger partial charge in [-0.3, -0.25) is 4.79 Å². The first-order chi connectivity index (χ1) is 10.4. The maximum absolute atomic E-state index is 11.6. The lowest BCUT2D eigenvalue weighted by molar-refractivity contribution is -0.127. The molecule has 2 N–H and O–H groups in total. The predicted octanol–water partition coefficient (Wildman–Crippen LogP) is 1.47. The molecule has 130 valence electrons. The fourth-order valence-corrected chi connectivity index (χ4v) is 1.85. The molecule has 6 nitrogen and oxygen atoms in total. The van der Waals surface area contributed by atoms with Crippen LogP contribution in [0.2, 0.25) is 0 Å². The maximum atomic E-state index is 11.6. The Kier molecular flexibility index (Phi) is 11.5. The van der Waals surface area contributed by atoms with Crippen LogP contribution in [0, 0.1) is 5.92 Å². The van der Waals surface area contributed by atoms with E-state index in [0.717, 1.165) is 12.3 Å². The monoisotopic (exact) mass is 314 g/mol. The molecule has 1 amide bonds. The minimum Gasteiger partial charge on any atom is -0.383 e. The Morgan fingerprint density at radius 1 is 1.23 bits per heavy atom.